The third-order valence-corrected chi connectivity index (χ3v) is 4.55. The summed E-state index contributed by atoms with van der Waals surface area (Å²) in [7, 11) is 0. The number of fused-ring (bicyclic) bond motifs is 1. The molecule has 114 valence electrons. The molecule has 1 saturated carbocycles. The van der Waals surface area contributed by atoms with E-state index in [2.05, 4.69) is 11.0 Å². The molecule has 0 spiro atoms. The number of aromatic nitrogens is 2. The lowest BCUT2D eigenvalue weighted by atomic mass is 9.90. The predicted octanol–water partition coefficient (Wildman–Crippen LogP) is 4.32. The Bertz CT molecular complexity index is 899. The number of hydrogen-bond donors (Lipinski definition) is 0. The molecule has 0 saturated heterocycles. The van der Waals surface area contributed by atoms with Crippen LogP contribution in [0.5, 0.6) is 0 Å². The van der Waals surface area contributed by atoms with E-state index >= 15 is 0 Å². The molecule has 0 aliphatic heterocycles. The van der Waals surface area contributed by atoms with Crippen LogP contribution in [-0.4, -0.2) is 9.78 Å². The Hall–Kier alpha value is -2.67. The number of benzene rings is 2. The van der Waals surface area contributed by atoms with Gasteiger partial charge in [-0.3, -0.25) is 4.68 Å². The summed E-state index contributed by atoms with van der Waals surface area (Å²) < 4.78 is 29.8. The first kappa shape index (κ1) is 14.0. The Labute approximate surface area is 132 Å². The topological polar surface area (TPSA) is 17.8 Å². The second-order valence-electron chi connectivity index (χ2n) is 6.04. The lowest BCUT2D eigenvalue weighted by molar-refractivity contribution is 0.390. The van der Waals surface area contributed by atoms with Crippen molar-refractivity contribution in [3.05, 3.63) is 65.9 Å². The largest absolute Gasteiger partial charge is 0.262 e. The minimum atomic E-state index is -0.504. The summed E-state index contributed by atoms with van der Waals surface area (Å²) in [5.74, 6) is 1.85. The van der Waals surface area contributed by atoms with Crippen LogP contribution >= 0.6 is 0 Å². The molecule has 4 heteroatoms. The van der Waals surface area contributed by atoms with Gasteiger partial charge >= 0.3 is 0 Å². The molecular formula is C19H14F2N2. The molecule has 23 heavy (non-hydrogen) atoms. The van der Waals surface area contributed by atoms with Gasteiger partial charge in [0, 0.05) is 17.1 Å². The molecule has 1 aliphatic rings. The maximum atomic E-state index is 14.4. The highest BCUT2D eigenvalue weighted by molar-refractivity contribution is 5.77. The average Bonchev–Trinajstić information content (AvgIpc) is 3.22. The molecule has 0 N–H and O–H groups in total. The molecule has 0 bridgehead atoms. The zero-order valence-electron chi connectivity index (χ0n) is 12.3. The summed E-state index contributed by atoms with van der Waals surface area (Å²) in [6.45, 7) is 0. The summed E-state index contributed by atoms with van der Waals surface area (Å²) in [6.07, 6.45) is 9.12. The van der Waals surface area contributed by atoms with Gasteiger partial charge < -0.3 is 0 Å². The van der Waals surface area contributed by atoms with Gasteiger partial charge in [0.1, 0.15) is 11.6 Å². The van der Waals surface area contributed by atoms with Crippen molar-refractivity contribution in [3.8, 4) is 12.3 Å². The molecule has 1 heterocycles. The fraction of sp³-hybridized carbons (Fsp3) is 0.211. The number of nitrogens with zero attached hydrogens (tertiary/aromatic N) is 2. The highest BCUT2D eigenvalue weighted by atomic mass is 19.1. The quantitative estimate of drug-likeness (QED) is 0.659. The van der Waals surface area contributed by atoms with Crippen LogP contribution in [0.3, 0.4) is 0 Å². The number of halogens is 2. The summed E-state index contributed by atoms with van der Waals surface area (Å²) >= 11 is 0. The Morgan fingerprint density at radius 3 is 2.65 bits per heavy atom. The van der Waals surface area contributed by atoms with Crippen molar-refractivity contribution in [1.82, 2.24) is 9.78 Å². The van der Waals surface area contributed by atoms with Gasteiger partial charge in [-0.15, -0.1) is 6.42 Å². The molecule has 1 aromatic heterocycles. The molecule has 0 amide bonds. The monoisotopic (exact) mass is 308 g/mol. The van der Waals surface area contributed by atoms with Gasteiger partial charge in [0.2, 0.25) is 0 Å². The van der Waals surface area contributed by atoms with Gasteiger partial charge in [-0.2, -0.15) is 5.10 Å². The highest BCUT2D eigenvalue weighted by Crippen LogP contribution is 2.56. The summed E-state index contributed by atoms with van der Waals surface area (Å²) in [6, 6.07) is 10.6. The van der Waals surface area contributed by atoms with Crippen molar-refractivity contribution in [3.63, 3.8) is 0 Å². The first-order valence-corrected chi connectivity index (χ1v) is 7.50. The average molecular weight is 308 g/mol. The first-order valence-electron chi connectivity index (χ1n) is 7.50. The molecule has 1 atom stereocenters. The smallest absolute Gasteiger partial charge is 0.128 e. The van der Waals surface area contributed by atoms with Crippen LogP contribution < -0.4 is 0 Å². The zero-order chi connectivity index (χ0) is 16.0. The fourth-order valence-electron chi connectivity index (χ4n) is 3.16. The van der Waals surface area contributed by atoms with Gasteiger partial charge in [-0.25, -0.2) is 8.78 Å². The van der Waals surface area contributed by atoms with Crippen LogP contribution in [0, 0.1) is 29.4 Å². The third kappa shape index (κ3) is 2.20. The van der Waals surface area contributed by atoms with Gasteiger partial charge in [0.05, 0.1) is 17.0 Å². The Balaban J connectivity index is 1.93. The Kier molecular flexibility index (Phi) is 2.99. The Morgan fingerprint density at radius 2 is 1.96 bits per heavy atom. The van der Waals surface area contributed by atoms with E-state index in [1.165, 1.54) is 6.07 Å². The maximum Gasteiger partial charge on any atom is 0.128 e. The van der Waals surface area contributed by atoms with Crippen molar-refractivity contribution >= 4 is 10.9 Å². The van der Waals surface area contributed by atoms with E-state index in [9.17, 15) is 8.78 Å². The number of hydrogen-bond acceptors (Lipinski definition) is 1. The van der Waals surface area contributed by atoms with Crippen LogP contribution in [0.4, 0.5) is 8.78 Å². The SMILES string of the molecule is C#CC1(C(c2cc(F)ccc2F)n2cc3ccccc3n2)CC1. The second-order valence-corrected chi connectivity index (χ2v) is 6.04. The van der Waals surface area contributed by atoms with E-state index in [-0.39, 0.29) is 5.56 Å². The van der Waals surface area contributed by atoms with E-state index in [1.807, 2.05) is 30.5 Å². The standard InChI is InChI=1S/C19H14F2N2/c1-2-19(9-10-19)18(15-11-14(20)7-8-16(15)21)23-12-13-5-3-4-6-17(13)22-23/h1,3-8,11-12,18H,9-10H2. The van der Waals surface area contributed by atoms with Gasteiger partial charge in [-0.1, -0.05) is 24.1 Å². The third-order valence-electron chi connectivity index (χ3n) is 4.55. The minimum Gasteiger partial charge on any atom is -0.262 e. The number of rotatable bonds is 3. The van der Waals surface area contributed by atoms with Crippen molar-refractivity contribution in [1.29, 1.82) is 0 Å². The van der Waals surface area contributed by atoms with E-state index in [4.69, 9.17) is 6.42 Å². The van der Waals surface area contributed by atoms with E-state index in [0.717, 1.165) is 35.9 Å². The van der Waals surface area contributed by atoms with Gasteiger partial charge in [0.15, 0.2) is 0 Å². The molecule has 4 rings (SSSR count). The second kappa shape index (κ2) is 4.92. The highest BCUT2D eigenvalue weighted by Gasteiger charge is 2.51. The normalized spacial score (nSPS) is 16.9. The van der Waals surface area contributed by atoms with Gasteiger partial charge in [-0.05, 0) is 37.1 Å². The fourth-order valence-corrected chi connectivity index (χ4v) is 3.16. The Morgan fingerprint density at radius 1 is 1.17 bits per heavy atom. The predicted molar refractivity (Wildman–Crippen MR) is 84.7 cm³/mol. The van der Waals surface area contributed by atoms with E-state index < -0.39 is 23.1 Å². The summed E-state index contributed by atoms with van der Waals surface area (Å²) in [5.41, 5.74) is 0.562. The zero-order valence-corrected chi connectivity index (χ0v) is 12.3. The van der Waals surface area contributed by atoms with Crippen LogP contribution in [-0.2, 0) is 0 Å². The lowest BCUT2D eigenvalue weighted by Gasteiger charge is -2.24. The number of terminal acetylenes is 1. The molecule has 1 aliphatic carbocycles. The van der Waals surface area contributed by atoms with E-state index in [0.29, 0.717) is 0 Å². The maximum absolute atomic E-state index is 14.4. The summed E-state index contributed by atoms with van der Waals surface area (Å²) in [5, 5.41) is 5.49. The van der Waals surface area contributed by atoms with Crippen LogP contribution in [0.1, 0.15) is 24.4 Å². The van der Waals surface area contributed by atoms with Gasteiger partial charge in [0.25, 0.3) is 0 Å². The van der Waals surface area contributed by atoms with Crippen molar-refractivity contribution in [2.24, 2.45) is 5.41 Å². The first-order chi connectivity index (χ1) is 11.1. The molecule has 1 fully saturated rings. The van der Waals surface area contributed by atoms with Crippen molar-refractivity contribution in [2.75, 3.05) is 0 Å². The van der Waals surface area contributed by atoms with Crippen LogP contribution in [0.15, 0.2) is 48.7 Å². The molecular weight excluding hydrogens is 294 g/mol. The lowest BCUT2D eigenvalue weighted by Crippen LogP contribution is -2.23. The molecule has 3 aromatic rings. The van der Waals surface area contributed by atoms with E-state index in [1.54, 1.807) is 4.68 Å². The summed E-state index contributed by atoms with van der Waals surface area (Å²) in [4.78, 5) is 0. The molecule has 0 radical (unpaired) electrons. The van der Waals surface area contributed by atoms with Crippen molar-refractivity contribution in [2.45, 2.75) is 18.9 Å². The van der Waals surface area contributed by atoms with Crippen molar-refractivity contribution < 1.29 is 8.78 Å². The minimum absolute atomic E-state index is 0.258. The van der Waals surface area contributed by atoms with Crippen LogP contribution in [0.2, 0.25) is 0 Å². The molecule has 2 aromatic carbocycles. The molecule has 1 unspecified atom stereocenters. The van der Waals surface area contributed by atoms with Crippen LogP contribution in [0.25, 0.3) is 10.9 Å². The molecule has 2 nitrogen and oxygen atoms in total.